The predicted octanol–water partition coefficient (Wildman–Crippen LogP) is 2.12. The topological polar surface area (TPSA) is 54.0 Å². The average molecular weight is 335 g/mol. The molecule has 1 aliphatic heterocycles. The molecule has 1 aliphatic rings. The third kappa shape index (κ3) is 4.61. The van der Waals surface area contributed by atoms with Gasteiger partial charge < -0.3 is 24.6 Å². The number of nitrogens with one attached hydrogen (secondary N) is 1. The van der Waals surface area contributed by atoms with E-state index in [1.807, 2.05) is 36.1 Å². The Morgan fingerprint density at radius 2 is 1.79 bits per heavy atom. The third-order valence-corrected chi connectivity index (χ3v) is 4.61. The van der Waals surface area contributed by atoms with Crippen LogP contribution in [0, 0.1) is 0 Å². The molecular formula is C18H29N3O3. The molecule has 0 radical (unpaired) electrons. The highest BCUT2D eigenvalue weighted by atomic mass is 16.5. The summed E-state index contributed by atoms with van der Waals surface area (Å²) in [6, 6.07) is 7.60. The smallest absolute Gasteiger partial charge is 0.317 e. The largest absolute Gasteiger partial charge is 0.497 e. The Balaban J connectivity index is 1.93. The number of hydrogen-bond acceptors (Lipinski definition) is 4. The number of carbonyl (C=O) groups is 1. The normalized spacial score (nSPS) is 18.1. The number of likely N-dealkylation sites (N-methyl/N-ethyl adjacent to an activating group) is 1. The maximum atomic E-state index is 12.5. The minimum Gasteiger partial charge on any atom is -0.497 e. The second-order valence-corrected chi connectivity index (χ2v) is 6.09. The van der Waals surface area contributed by atoms with Gasteiger partial charge in [0.1, 0.15) is 11.9 Å². The zero-order chi connectivity index (χ0) is 17.5. The van der Waals surface area contributed by atoms with E-state index in [1.54, 1.807) is 14.2 Å². The molecule has 134 valence electrons. The summed E-state index contributed by atoms with van der Waals surface area (Å²) in [5.41, 5.74) is 1.02. The zero-order valence-corrected chi connectivity index (χ0v) is 15.1. The number of ether oxygens (including phenoxy) is 2. The summed E-state index contributed by atoms with van der Waals surface area (Å²) >= 11 is 0. The van der Waals surface area contributed by atoms with E-state index in [1.165, 1.54) is 0 Å². The molecule has 2 rings (SSSR count). The van der Waals surface area contributed by atoms with E-state index in [0.29, 0.717) is 0 Å². The molecule has 1 saturated heterocycles. The number of rotatable bonds is 6. The molecule has 6 heteroatoms. The molecule has 0 spiro atoms. The van der Waals surface area contributed by atoms with Crippen LogP contribution in [0.15, 0.2) is 24.3 Å². The maximum absolute atomic E-state index is 12.5. The predicted molar refractivity (Wildman–Crippen MR) is 94.4 cm³/mol. The first-order valence-corrected chi connectivity index (χ1v) is 8.53. The lowest BCUT2D eigenvalue weighted by atomic mass is 10.0. The van der Waals surface area contributed by atoms with Crippen molar-refractivity contribution in [3.05, 3.63) is 29.8 Å². The van der Waals surface area contributed by atoms with Gasteiger partial charge in [-0.05, 0) is 31.2 Å². The van der Waals surface area contributed by atoms with E-state index in [4.69, 9.17) is 9.47 Å². The van der Waals surface area contributed by atoms with Crippen molar-refractivity contribution in [3.8, 4) is 5.75 Å². The van der Waals surface area contributed by atoms with E-state index in [9.17, 15) is 4.79 Å². The Labute approximate surface area is 144 Å². The first kappa shape index (κ1) is 18.5. The molecule has 2 atom stereocenters. The SMILES string of the molecule is CCN1CCN(C(=O)N[C@@H](C)[C@@H](OC)c2ccc(OC)cc2)CC1. The fourth-order valence-electron chi connectivity index (χ4n) is 3.05. The second kappa shape index (κ2) is 8.89. The Hall–Kier alpha value is -1.79. The van der Waals surface area contributed by atoms with Crippen molar-refractivity contribution in [2.75, 3.05) is 46.9 Å². The molecule has 0 saturated carbocycles. The number of urea groups is 1. The number of methoxy groups -OCH3 is 2. The highest BCUT2D eigenvalue weighted by Crippen LogP contribution is 2.23. The molecule has 0 aromatic heterocycles. The summed E-state index contributed by atoms with van der Waals surface area (Å²) in [6.45, 7) is 8.57. The standard InChI is InChI=1S/C18H29N3O3/c1-5-20-10-12-21(13-11-20)18(22)19-14(2)17(24-4)15-6-8-16(23-3)9-7-15/h6-9,14,17H,5,10-13H2,1-4H3,(H,19,22)/t14-,17+/m0/s1. The fraction of sp³-hybridized carbons (Fsp3) is 0.611. The summed E-state index contributed by atoms with van der Waals surface area (Å²) in [6.07, 6.45) is -0.197. The quantitative estimate of drug-likeness (QED) is 0.865. The third-order valence-electron chi connectivity index (χ3n) is 4.61. The van der Waals surface area contributed by atoms with Gasteiger partial charge in [0.2, 0.25) is 0 Å². The molecular weight excluding hydrogens is 306 g/mol. The fourth-order valence-corrected chi connectivity index (χ4v) is 3.05. The van der Waals surface area contributed by atoms with Crippen LogP contribution in [-0.2, 0) is 4.74 Å². The Bertz CT molecular complexity index is 513. The number of amides is 2. The van der Waals surface area contributed by atoms with Gasteiger partial charge in [-0.3, -0.25) is 0 Å². The molecule has 1 aromatic rings. The van der Waals surface area contributed by atoms with Crippen LogP contribution >= 0.6 is 0 Å². The van der Waals surface area contributed by atoms with Gasteiger partial charge in [0, 0.05) is 33.3 Å². The van der Waals surface area contributed by atoms with Crippen molar-refractivity contribution in [2.45, 2.75) is 26.0 Å². The van der Waals surface area contributed by atoms with E-state index in [2.05, 4.69) is 17.1 Å². The van der Waals surface area contributed by atoms with E-state index in [0.717, 1.165) is 44.0 Å². The van der Waals surface area contributed by atoms with Crippen LogP contribution in [0.2, 0.25) is 0 Å². The van der Waals surface area contributed by atoms with E-state index >= 15 is 0 Å². The number of benzene rings is 1. The van der Waals surface area contributed by atoms with E-state index < -0.39 is 0 Å². The first-order chi connectivity index (χ1) is 11.6. The van der Waals surface area contributed by atoms with Crippen molar-refractivity contribution in [3.63, 3.8) is 0 Å². The van der Waals surface area contributed by atoms with Crippen molar-refractivity contribution in [1.82, 2.24) is 15.1 Å². The molecule has 0 unspecified atom stereocenters. The average Bonchev–Trinajstić information content (AvgIpc) is 2.63. The van der Waals surface area contributed by atoms with Crippen LogP contribution in [-0.4, -0.2) is 68.8 Å². The van der Waals surface area contributed by atoms with Crippen LogP contribution in [0.5, 0.6) is 5.75 Å². The van der Waals surface area contributed by atoms with Crippen molar-refractivity contribution < 1.29 is 14.3 Å². The summed E-state index contributed by atoms with van der Waals surface area (Å²) in [5.74, 6) is 0.805. The van der Waals surface area contributed by atoms with Gasteiger partial charge in [0.25, 0.3) is 0 Å². The lowest BCUT2D eigenvalue weighted by Gasteiger charge is -2.35. The zero-order valence-electron chi connectivity index (χ0n) is 15.1. The van der Waals surface area contributed by atoms with Gasteiger partial charge in [-0.1, -0.05) is 19.1 Å². The molecule has 0 bridgehead atoms. The van der Waals surface area contributed by atoms with E-state index in [-0.39, 0.29) is 18.2 Å². The van der Waals surface area contributed by atoms with Gasteiger partial charge in [0.05, 0.1) is 13.2 Å². The monoisotopic (exact) mass is 335 g/mol. The Morgan fingerprint density at radius 1 is 1.17 bits per heavy atom. The number of hydrogen-bond donors (Lipinski definition) is 1. The molecule has 1 N–H and O–H groups in total. The molecule has 24 heavy (non-hydrogen) atoms. The highest BCUT2D eigenvalue weighted by Gasteiger charge is 2.25. The van der Waals surface area contributed by atoms with Gasteiger partial charge in [-0.2, -0.15) is 0 Å². The van der Waals surface area contributed by atoms with Crippen LogP contribution in [0.4, 0.5) is 4.79 Å². The van der Waals surface area contributed by atoms with Crippen LogP contribution in [0.25, 0.3) is 0 Å². The van der Waals surface area contributed by atoms with Crippen LogP contribution in [0.3, 0.4) is 0 Å². The summed E-state index contributed by atoms with van der Waals surface area (Å²) < 4.78 is 10.8. The van der Waals surface area contributed by atoms with Crippen LogP contribution in [0.1, 0.15) is 25.5 Å². The van der Waals surface area contributed by atoms with Gasteiger partial charge in [-0.15, -0.1) is 0 Å². The second-order valence-electron chi connectivity index (χ2n) is 6.09. The van der Waals surface area contributed by atoms with Gasteiger partial charge >= 0.3 is 6.03 Å². The molecule has 1 heterocycles. The number of nitrogens with zero attached hydrogens (tertiary/aromatic N) is 2. The molecule has 1 aromatic carbocycles. The van der Waals surface area contributed by atoms with Gasteiger partial charge in [-0.25, -0.2) is 4.79 Å². The van der Waals surface area contributed by atoms with Crippen molar-refractivity contribution >= 4 is 6.03 Å². The minimum absolute atomic E-state index is 0.0196. The molecule has 2 amide bonds. The summed E-state index contributed by atoms with van der Waals surface area (Å²) in [7, 11) is 3.31. The maximum Gasteiger partial charge on any atom is 0.317 e. The van der Waals surface area contributed by atoms with Gasteiger partial charge in [0.15, 0.2) is 0 Å². The Morgan fingerprint density at radius 3 is 2.29 bits per heavy atom. The number of carbonyl (C=O) groups excluding carboxylic acids is 1. The lowest BCUT2D eigenvalue weighted by Crippen LogP contribution is -2.53. The van der Waals surface area contributed by atoms with Crippen molar-refractivity contribution in [1.29, 1.82) is 0 Å². The van der Waals surface area contributed by atoms with Crippen molar-refractivity contribution in [2.24, 2.45) is 0 Å². The number of piperazine rings is 1. The molecule has 0 aliphatic carbocycles. The lowest BCUT2D eigenvalue weighted by molar-refractivity contribution is 0.0713. The molecule has 1 fully saturated rings. The molecule has 6 nitrogen and oxygen atoms in total. The Kier molecular flexibility index (Phi) is 6.87. The first-order valence-electron chi connectivity index (χ1n) is 8.53. The summed E-state index contributed by atoms with van der Waals surface area (Å²) in [4.78, 5) is 16.7. The highest BCUT2D eigenvalue weighted by molar-refractivity contribution is 5.74. The minimum atomic E-state index is -0.197. The van der Waals surface area contributed by atoms with Crippen LogP contribution < -0.4 is 10.1 Å². The summed E-state index contributed by atoms with van der Waals surface area (Å²) in [5, 5.41) is 3.07.